The lowest BCUT2D eigenvalue weighted by atomic mass is 10.2. The molecule has 1 aliphatic carbocycles. The van der Waals surface area contributed by atoms with E-state index in [0.29, 0.717) is 0 Å². The lowest BCUT2D eigenvalue weighted by molar-refractivity contribution is 0.494. The predicted molar refractivity (Wildman–Crippen MR) is 41.3 cm³/mol. The van der Waals surface area contributed by atoms with E-state index < -0.39 is 13.6 Å². The van der Waals surface area contributed by atoms with Crippen molar-refractivity contribution in [3.8, 4) is 0 Å². The molecule has 1 fully saturated rings. The van der Waals surface area contributed by atoms with Gasteiger partial charge in [-0.3, -0.25) is 4.57 Å². The molecule has 0 aromatic heterocycles. The summed E-state index contributed by atoms with van der Waals surface area (Å²) in [5, 5.41) is 0. The fourth-order valence-corrected chi connectivity index (χ4v) is 2.12. The molecule has 3 nitrogen and oxygen atoms in total. The van der Waals surface area contributed by atoms with Gasteiger partial charge in [-0.05, 0) is 12.3 Å². The summed E-state index contributed by atoms with van der Waals surface area (Å²) in [6.45, 7) is 3.57. The molecule has 58 valence electrons. The summed E-state index contributed by atoms with van der Waals surface area (Å²) in [6, 6.07) is 0. The number of hydrogen-bond donors (Lipinski definition) is 2. The third-order valence-electron chi connectivity index (χ3n) is 1.94. The second kappa shape index (κ2) is 2.50. The summed E-state index contributed by atoms with van der Waals surface area (Å²) < 4.78 is 10.4. The first-order chi connectivity index (χ1) is 4.58. The monoisotopic (exact) mass is 161 g/mol. The van der Waals surface area contributed by atoms with E-state index in [4.69, 9.17) is 10.6 Å². The van der Waals surface area contributed by atoms with Crippen LogP contribution in [0.2, 0.25) is 0 Å². The van der Waals surface area contributed by atoms with Gasteiger partial charge in [0, 0.05) is 11.7 Å². The molecule has 1 unspecified atom stereocenters. The molecular formula is C6H12NO2P. The lowest BCUT2D eigenvalue weighted by Gasteiger charge is -2.05. The van der Waals surface area contributed by atoms with Crippen LogP contribution in [0, 0.1) is 5.92 Å². The van der Waals surface area contributed by atoms with Crippen molar-refractivity contribution in [2.75, 3.05) is 6.16 Å². The van der Waals surface area contributed by atoms with Crippen LogP contribution in [-0.4, -0.2) is 16.6 Å². The summed E-state index contributed by atoms with van der Waals surface area (Å²) in [6.07, 6.45) is 2.81. The third kappa shape index (κ3) is 1.48. The zero-order valence-corrected chi connectivity index (χ0v) is 6.71. The Hall–Kier alpha value is -0.110. The van der Waals surface area contributed by atoms with Crippen LogP contribution in [0.4, 0.5) is 0 Å². The Kier molecular flexibility index (Phi) is 1.99. The summed E-state index contributed by atoms with van der Waals surface area (Å²) in [5.74, 6) is 0.258. The maximum absolute atomic E-state index is 10.4. The van der Waals surface area contributed by atoms with Crippen LogP contribution >= 0.6 is 8.03 Å². The molecule has 0 aromatic carbocycles. The average Bonchev–Trinajstić information content (AvgIpc) is 2.39. The molecule has 1 saturated carbocycles. The number of nitrogens with two attached hydrogens (primary N) is 1. The highest BCUT2D eigenvalue weighted by Crippen LogP contribution is 2.45. The molecule has 3 N–H and O–H groups in total. The Morgan fingerprint density at radius 3 is 2.90 bits per heavy atom. The van der Waals surface area contributed by atoms with Crippen molar-refractivity contribution < 1.29 is 9.46 Å². The summed E-state index contributed by atoms with van der Waals surface area (Å²) >= 11 is 0. The molecule has 0 aliphatic heterocycles. The smallest absolute Gasteiger partial charge is 0.190 e. The van der Waals surface area contributed by atoms with Gasteiger partial charge in [-0.2, -0.15) is 0 Å². The topological polar surface area (TPSA) is 63.3 Å². The Balaban J connectivity index is 2.43. The second-order valence-corrected chi connectivity index (χ2v) is 3.99. The van der Waals surface area contributed by atoms with Gasteiger partial charge in [0.1, 0.15) is 0 Å². The van der Waals surface area contributed by atoms with Crippen molar-refractivity contribution in [1.82, 2.24) is 0 Å². The molecule has 1 rings (SSSR count). The Morgan fingerprint density at radius 2 is 2.60 bits per heavy atom. The standard InChI is InChI=1S/C6H12NO2P/c1-2-5-3-6(5,7)4-10(8)9/h2,5,10H,1,3-4,7H2,(H,8,9)/t5-,6+/m0/s1. The maximum atomic E-state index is 10.4. The van der Waals surface area contributed by atoms with Gasteiger partial charge in [0.15, 0.2) is 8.03 Å². The zero-order valence-electron chi connectivity index (χ0n) is 5.71. The molecule has 0 bridgehead atoms. The van der Waals surface area contributed by atoms with Crippen LogP contribution in [0.25, 0.3) is 0 Å². The SMILES string of the molecule is C=C[C@H]1C[C@@]1(N)C[PH](=O)O. The molecule has 0 radical (unpaired) electrons. The summed E-state index contributed by atoms with van der Waals surface area (Å²) in [4.78, 5) is 8.57. The maximum Gasteiger partial charge on any atom is 0.190 e. The van der Waals surface area contributed by atoms with Crippen molar-refractivity contribution in [2.45, 2.75) is 12.0 Å². The highest BCUT2D eigenvalue weighted by molar-refractivity contribution is 7.38. The van der Waals surface area contributed by atoms with Crippen molar-refractivity contribution in [2.24, 2.45) is 11.7 Å². The second-order valence-electron chi connectivity index (χ2n) is 2.85. The molecule has 0 amide bonds. The zero-order chi connectivity index (χ0) is 7.78. The highest BCUT2D eigenvalue weighted by atomic mass is 31.1. The van der Waals surface area contributed by atoms with E-state index in [1.807, 2.05) is 0 Å². The molecular weight excluding hydrogens is 149 g/mol. The molecule has 3 atom stereocenters. The van der Waals surface area contributed by atoms with Gasteiger partial charge in [-0.25, -0.2) is 0 Å². The molecule has 0 heterocycles. The number of hydrogen-bond acceptors (Lipinski definition) is 2. The average molecular weight is 161 g/mol. The minimum atomic E-state index is -2.39. The predicted octanol–water partition coefficient (Wildman–Crippen LogP) is 0.357. The van der Waals surface area contributed by atoms with Gasteiger partial charge >= 0.3 is 0 Å². The Labute approximate surface area is 60.8 Å². The van der Waals surface area contributed by atoms with Crippen LogP contribution in [0.1, 0.15) is 6.42 Å². The summed E-state index contributed by atoms with van der Waals surface area (Å²) in [5.41, 5.74) is 5.30. The van der Waals surface area contributed by atoms with E-state index in [2.05, 4.69) is 6.58 Å². The first-order valence-electron chi connectivity index (χ1n) is 3.22. The van der Waals surface area contributed by atoms with Gasteiger partial charge in [-0.15, -0.1) is 6.58 Å². The van der Waals surface area contributed by atoms with Gasteiger partial charge < -0.3 is 10.6 Å². The van der Waals surface area contributed by atoms with E-state index in [1.165, 1.54) is 0 Å². The van der Waals surface area contributed by atoms with Crippen molar-refractivity contribution in [3.63, 3.8) is 0 Å². The Morgan fingerprint density at radius 1 is 2.00 bits per heavy atom. The largest absolute Gasteiger partial charge is 0.346 e. The van der Waals surface area contributed by atoms with E-state index in [9.17, 15) is 4.57 Å². The van der Waals surface area contributed by atoms with Crippen LogP contribution in [-0.2, 0) is 4.57 Å². The van der Waals surface area contributed by atoms with Crippen LogP contribution in [0.5, 0.6) is 0 Å². The van der Waals surface area contributed by atoms with Crippen LogP contribution < -0.4 is 5.73 Å². The fourth-order valence-electron chi connectivity index (χ4n) is 1.15. The Bertz CT molecular complexity index is 183. The quantitative estimate of drug-likeness (QED) is 0.464. The first-order valence-corrected chi connectivity index (χ1v) is 4.78. The normalized spacial score (nSPS) is 40.8. The molecule has 0 saturated heterocycles. The van der Waals surface area contributed by atoms with E-state index in [1.54, 1.807) is 6.08 Å². The minimum absolute atomic E-state index is 0.244. The van der Waals surface area contributed by atoms with Crippen LogP contribution in [0.3, 0.4) is 0 Å². The molecule has 1 aliphatic rings. The van der Waals surface area contributed by atoms with E-state index >= 15 is 0 Å². The van der Waals surface area contributed by atoms with E-state index in [0.717, 1.165) is 6.42 Å². The van der Waals surface area contributed by atoms with Gasteiger partial charge in [0.05, 0.1) is 0 Å². The lowest BCUT2D eigenvalue weighted by Crippen LogP contribution is -2.27. The van der Waals surface area contributed by atoms with Gasteiger partial charge in [0.25, 0.3) is 0 Å². The molecule has 4 heteroatoms. The molecule has 10 heavy (non-hydrogen) atoms. The first kappa shape index (κ1) is 7.99. The minimum Gasteiger partial charge on any atom is -0.346 e. The van der Waals surface area contributed by atoms with E-state index in [-0.39, 0.29) is 12.1 Å². The third-order valence-corrected chi connectivity index (χ3v) is 2.90. The summed E-state index contributed by atoms with van der Waals surface area (Å²) in [7, 11) is -2.39. The number of rotatable bonds is 3. The van der Waals surface area contributed by atoms with Crippen LogP contribution in [0.15, 0.2) is 12.7 Å². The van der Waals surface area contributed by atoms with Gasteiger partial charge in [-0.1, -0.05) is 6.08 Å². The highest BCUT2D eigenvalue weighted by Gasteiger charge is 2.49. The van der Waals surface area contributed by atoms with Crippen molar-refractivity contribution in [3.05, 3.63) is 12.7 Å². The van der Waals surface area contributed by atoms with Gasteiger partial charge in [0.2, 0.25) is 0 Å². The fraction of sp³-hybridized carbons (Fsp3) is 0.667. The van der Waals surface area contributed by atoms with Crippen molar-refractivity contribution in [1.29, 1.82) is 0 Å². The van der Waals surface area contributed by atoms with Crippen molar-refractivity contribution >= 4 is 8.03 Å². The molecule has 0 aromatic rings. The molecule has 0 spiro atoms.